The van der Waals surface area contributed by atoms with Crippen LogP contribution in [0.3, 0.4) is 0 Å². The minimum absolute atomic E-state index is 0.321. The lowest BCUT2D eigenvalue weighted by Crippen LogP contribution is -2.42. The van der Waals surface area contributed by atoms with Gasteiger partial charge < -0.3 is 9.80 Å². The van der Waals surface area contributed by atoms with Crippen LogP contribution in [0.5, 0.6) is 0 Å². The van der Waals surface area contributed by atoms with Crippen molar-refractivity contribution in [1.82, 2.24) is 9.88 Å². The Hall–Kier alpha value is -1.18. The van der Waals surface area contributed by atoms with Gasteiger partial charge in [-0.2, -0.15) is 0 Å². The SMILES string of the molecule is CC(C1CCN(c2c(S(C)(=O)=O)cnc3ccc(Br)cc23)CC1)N(C)C. The second-order valence-electron chi connectivity index (χ2n) is 7.43. The highest BCUT2D eigenvalue weighted by Gasteiger charge is 2.29. The predicted octanol–water partition coefficient (Wildman–Crippen LogP) is 3.57. The first kappa shape index (κ1) is 19.6. The van der Waals surface area contributed by atoms with Gasteiger partial charge in [0, 0.05) is 41.4 Å². The first-order valence-electron chi connectivity index (χ1n) is 8.88. The smallest absolute Gasteiger partial charge is 0.179 e. The van der Waals surface area contributed by atoms with Crippen molar-refractivity contribution < 1.29 is 8.42 Å². The Labute approximate surface area is 164 Å². The topological polar surface area (TPSA) is 53.5 Å². The molecule has 2 heterocycles. The molecule has 1 unspecified atom stereocenters. The number of piperidine rings is 1. The maximum Gasteiger partial charge on any atom is 0.179 e. The number of nitrogens with zero attached hydrogens (tertiary/aromatic N) is 3. The lowest BCUT2D eigenvalue weighted by atomic mass is 9.89. The maximum absolute atomic E-state index is 12.4. The summed E-state index contributed by atoms with van der Waals surface area (Å²) < 4.78 is 25.7. The number of hydrogen-bond donors (Lipinski definition) is 0. The molecule has 1 aliphatic rings. The Morgan fingerprint density at radius 2 is 1.92 bits per heavy atom. The van der Waals surface area contributed by atoms with Crippen LogP contribution >= 0.6 is 15.9 Å². The average molecular weight is 440 g/mol. The first-order valence-corrected chi connectivity index (χ1v) is 11.6. The second-order valence-corrected chi connectivity index (χ2v) is 10.3. The van der Waals surface area contributed by atoms with Gasteiger partial charge in [0.05, 0.1) is 11.2 Å². The molecule has 142 valence electrons. The molecule has 1 aromatic carbocycles. The molecule has 5 nitrogen and oxygen atoms in total. The van der Waals surface area contributed by atoms with Crippen LogP contribution in [0.1, 0.15) is 19.8 Å². The van der Waals surface area contributed by atoms with Crippen LogP contribution in [0, 0.1) is 5.92 Å². The third-order valence-electron chi connectivity index (χ3n) is 5.52. The summed E-state index contributed by atoms with van der Waals surface area (Å²) in [4.78, 5) is 9.19. The van der Waals surface area contributed by atoms with E-state index in [2.05, 4.69) is 51.7 Å². The molecule has 7 heteroatoms. The fourth-order valence-electron chi connectivity index (χ4n) is 3.76. The van der Waals surface area contributed by atoms with Gasteiger partial charge in [-0.05, 0) is 58.0 Å². The van der Waals surface area contributed by atoms with E-state index in [0.29, 0.717) is 16.9 Å². The molecule has 1 aliphatic heterocycles. The molecule has 3 rings (SSSR count). The quantitative estimate of drug-likeness (QED) is 0.728. The van der Waals surface area contributed by atoms with Crippen LogP contribution in [-0.4, -0.2) is 57.8 Å². The van der Waals surface area contributed by atoms with Gasteiger partial charge in [-0.1, -0.05) is 15.9 Å². The van der Waals surface area contributed by atoms with E-state index in [1.54, 1.807) is 0 Å². The monoisotopic (exact) mass is 439 g/mol. The largest absolute Gasteiger partial charge is 0.370 e. The minimum atomic E-state index is -3.36. The van der Waals surface area contributed by atoms with E-state index in [4.69, 9.17) is 0 Å². The van der Waals surface area contributed by atoms with E-state index in [1.807, 2.05) is 18.2 Å². The van der Waals surface area contributed by atoms with Crippen molar-refractivity contribution in [3.05, 3.63) is 28.9 Å². The predicted molar refractivity (Wildman–Crippen MR) is 111 cm³/mol. The molecular formula is C19H26BrN3O2S. The van der Waals surface area contributed by atoms with Gasteiger partial charge in [0.2, 0.25) is 0 Å². The van der Waals surface area contributed by atoms with E-state index in [9.17, 15) is 8.42 Å². The number of pyridine rings is 1. The molecule has 0 bridgehead atoms. The maximum atomic E-state index is 12.4. The zero-order chi connectivity index (χ0) is 19.1. The zero-order valence-corrected chi connectivity index (χ0v) is 18.1. The molecule has 1 saturated heterocycles. The van der Waals surface area contributed by atoms with Gasteiger partial charge in [-0.25, -0.2) is 8.42 Å². The third kappa shape index (κ3) is 3.89. The number of hydrogen-bond acceptors (Lipinski definition) is 5. The summed E-state index contributed by atoms with van der Waals surface area (Å²) in [5.41, 5.74) is 1.62. The number of fused-ring (bicyclic) bond motifs is 1. The lowest BCUT2D eigenvalue weighted by molar-refractivity contribution is 0.199. The van der Waals surface area contributed by atoms with E-state index >= 15 is 0 Å². The summed E-state index contributed by atoms with van der Waals surface area (Å²) in [5, 5.41) is 0.890. The average Bonchev–Trinajstić information content (AvgIpc) is 2.59. The number of rotatable bonds is 4. The third-order valence-corrected chi connectivity index (χ3v) is 7.11. The molecule has 1 atom stereocenters. The molecule has 0 aliphatic carbocycles. The first-order chi connectivity index (χ1) is 12.2. The molecule has 0 amide bonds. The summed E-state index contributed by atoms with van der Waals surface area (Å²) in [5.74, 6) is 0.628. The minimum Gasteiger partial charge on any atom is -0.370 e. The number of aromatic nitrogens is 1. The van der Waals surface area contributed by atoms with Gasteiger partial charge >= 0.3 is 0 Å². The summed E-state index contributed by atoms with van der Waals surface area (Å²) in [6.45, 7) is 3.98. The van der Waals surface area contributed by atoms with E-state index < -0.39 is 9.84 Å². The van der Waals surface area contributed by atoms with Crippen molar-refractivity contribution in [3.8, 4) is 0 Å². The number of halogens is 1. The van der Waals surface area contributed by atoms with Crippen LogP contribution in [-0.2, 0) is 9.84 Å². The van der Waals surface area contributed by atoms with Gasteiger partial charge in [0.15, 0.2) is 9.84 Å². The van der Waals surface area contributed by atoms with Crippen molar-refractivity contribution in [2.75, 3.05) is 38.3 Å². The summed E-state index contributed by atoms with van der Waals surface area (Å²) >= 11 is 3.51. The van der Waals surface area contributed by atoms with Crippen LogP contribution in [0.4, 0.5) is 5.69 Å². The van der Waals surface area contributed by atoms with Crippen LogP contribution in [0.25, 0.3) is 10.9 Å². The molecular weight excluding hydrogens is 414 g/mol. The molecule has 0 N–H and O–H groups in total. The van der Waals surface area contributed by atoms with Gasteiger partial charge in [-0.3, -0.25) is 4.98 Å². The Bertz CT molecular complexity index is 906. The fraction of sp³-hybridized carbons (Fsp3) is 0.526. The highest BCUT2D eigenvalue weighted by molar-refractivity contribution is 9.10. The van der Waals surface area contributed by atoms with Gasteiger partial charge in [-0.15, -0.1) is 0 Å². The fourth-order valence-corrected chi connectivity index (χ4v) is 4.95. The molecule has 0 radical (unpaired) electrons. The van der Waals surface area contributed by atoms with Crippen molar-refractivity contribution in [3.63, 3.8) is 0 Å². The summed E-state index contributed by atoms with van der Waals surface area (Å²) in [6, 6.07) is 6.36. The van der Waals surface area contributed by atoms with Crippen molar-refractivity contribution in [2.24, 2.45) is 5.92 Å². The van der Waals surface area contributed by atoms with E-state index in [1.165, 1.54) is 12.5 Å². The Balaban J connectivity index is 2.03. The molecule has 26 heavy (non-hydrogen) atoms. The second kappa shape index (κ2) is 7.44. The Morgan fingerprint density at radius 1 is 1.27 bits per heavy atom. The Morgan fingerprint density at radius 3 is 2.50 bits per heavy atom. The molecule has 0 saturated carbocycles. The Kier molecular flexibility index (Phi) is 5.61. The number of anilines is 1. The van der Waals surface area contributed by atoms with Crippen molar-refractivity contribution in [2.45, 2.75) is 30.7 Å². The van der Waals surface area contributed by atoms with Crippen molar-refractivity contribution >= 4 is 42.4 Å². The van der Waals surface area contributed by atoms with E-state index in [0.717, 1.165) is 47.0 Å². The normalized spacial score (nSPS) is 17.8. The number of benzene rings is 1. The molecule has 1 fully saturated rings. The lowest BCUT2D eigenvalue weighted by Gasteiger charge is -2.39. The highest BCUT2D eigenvalue weighted by Crippen LogP contribution is 2.37. The van der Waals surface area contributed by atoms with E-state index in [-0.39, 0.29) is 0 Å². The van der Waals surface area contributed by atoms with Crippen LogP contribution < -0.4 is 4.90 Å². The van der Waals surface area contributed by atoms with Crippen LogP contribution in [0.15, 0.2) is 33.8 Å². The van der Waals surface area contributed by atoms with Crippen LogP contribution in [0.2, 0.25) is 0 Å². The molecule has 1 aromatic heterocycles. The number of sulfone groups is 1. The highest BCUT2D eigenvalue weighted by atomic mass is 79.9. The van der Waals surface area contributed by atoms with Gasteiger partial charge in [0.25, 0.3) is 0 Å². The standard InChI is InChI=1S/C19H26BrN3O2S/c1-13(22(2)3)14-7-9-23(10-8-14)19-16-11-15(20)5-6-17(16)21-12-18(19)26(4,24)25/h5-6,11-14H,7-10H2,1-4H3. The summed E-state index contributed by atoms with van der Waals surface area (Å²) in [7, 11) is 0.877. The zero-order valence-electron chi connectivity index (χ0n) is 15.7. The van der Waals surface area contributed by atoms with Crippen molar-refractivity contribution in [1.29, 1.82) is 0 Å². The summed E-state index contributed by atoms with van der Waals surface area (Å²) in [6.07, 6.45) is 4.88. The van der Waals surface area contributed by atoms with Gasteiger partial charge in [0.1, 0.15) is 4.90 Å². The molecule has 0 spiro atoms. The molecule has 2 aromatic rings.